The molecule has 0 spiro atoms. The van der Waals surface area contributed by atoms with E-state index in [-0.39, 0.29) is 12.3 Å². The second kappa shape index (κ2) is 6.34. The molecule has 0 aliphatic heterocycles. The van der Waals surface area contributed by atoms with Crippen LogP contribution in [0.2, 0.25) is 0 Å². The van der Waals surface area contributed by atoms with Gasteiger partial charge in [-0.3, -0.25) is 0 Å². The first-order valence-electron chi connectivity index (χ1n) is 6.05. The summed E-state index contributed by atoms with van der Waals surface area (Å²) in [5.41, 5.74) is 1.06. The van der Waals surface area contributed by atoms with Crippen LogP contribution in [-0.4, -0.2) is 18.5 Å². The molecule has 0 saturated carbocycles. The lowest BCUT2D eigenvalue weighted by Gasteiger charge is -2.14. The molecule has 0 fully saturated rings. The van der Waals surface area contributed by atoms with Crippen LogP contribution in [0.4, 0.5) is 18.9 Å². The highest BCUT2D eigenvalue weighted by Crippen LogP contribution is 2.26. The van der Waals surface area contributed by atoms with Gasteiger partial charge in [-0.05, 0) is 12.1 Å². The summed E-state index contributed by atoms with van der Waals surface area (Å²) in [5, 5.41) is 2.97. The van der Waals surface area contributed by atoms with Gasteiger partial charge in [0, 0.05) is 18.2 Å². The number of aromatic nitrogens is 1. The zero-order valence-corrected chi connectivity index (χ0v) is 11.1. The lowest BCUT2D eigenvalue weighted by molar-refractivity contribution is -0.274. The number of halogens is 3. The Morgan fingerprint density at radius 1 is 1.14 bits per heavy atom. The number of ether oxygens (including phenoxy) is 2. The maximum absolute atomic E-state index is 12.3. The minimum absolute atomic E-state index is 0.181. The highest BCUT2D eigenvalue weighted by Gasteiger charge is 2.31. The number of pyridine rings is 1. The van der Waals surface area contributed by atoms with Gasteiger partial charge in [0.25, 0.3) is 0 Å². The lowest BCUT2D eigenvalue weighted by atomic mass is 10.2. The fourth-order valence-corrected chi connectivity index (χ4v) is 1.68. The van der Waals surface area contributed by atoms with Crippen molar-refractivity contribution in [1.82, 2.24) is 4.98 Å². The molecule has 7 heteroatoms. The summed E-state index contributed by atoms with van der Waals surface area (Å²) in [6.45, 7) is 0.181. The average Bonchev–Trinajstić information content (AvgIpc) is 2.45. The number of benzene rings is 1. The van der Waals surface area contributed by atoms with E-state index in [1.807, 2.05) is 0 Å². The minimum Gasteiger partial charge on any atom is -0.481 e. The topological polar surface area (TPSA) is 43.4 Å². The molecule has 0 aliphatic carbocycles. The summed E-state index contributed by atoms with van der Waals surface area (Å²) < 4.78 is 45.8. The molecular formula is C14H13F3N2O2. The Kier molecular flexibility index (Phi) is 4.52. The molecule has 0 bridgehead atoms. The van der Waals surface area contributed by atoms with Gasteiger partial charge in [0.15, 0.2) is 0 Å². The molecule has 0 unspecified atom stereocenters. The van der Waals surface area contributed by atoms with E-state index in [1.54, 1.807) is 24.3 Å². The van der Waals surface area contributed by atoms with E-state index in [0.717, 1.165) is 0 Å². The van der Waals surface area contributed by atoms with E-state index in [4.69, 9.17) is 4.74 Å². The number of hydrogen-bond acceptors (Lipinski definition) is 4. The Balaban J connectivity index is 2.05. The Morgan fingerprint density at radius 2 is 1.90 bits per heavy atom. The Labute approximate surface area is 119 Å². The van der Waals surface area contributed by atoms with Gasteiger partial charge in [-0.2, -0.15) is 0 Å². The molecule has 2 aromatic rings. The van der Waals surface area contributed by atoms with E-state index in [0.29, 0.717) is 17.1 Å². The molecule has 0 saturated heterocycles. The average molecular weight is 298 g/mol. The van der Waals surface area contributed by atoms with Crippen molar-refractivity contribution < 1.29 is 22.6 Å². The quantitative estimate of drug-likeness (QED) is 0.916. The van der Waals surface area contributed by atoms with Gasteiger partial charge < -0.3 is 14.8 Å². The number of methoxy groups -OCH3 is 1. The fraction of sp³-hybridized carbons (Fsp3) is 0.214. The van der Waals surface area contributed by atoms with Crippen LogP contribution in [-0.2, 0) is 6.54 Å². The summed E-state index contributed by atoms with van der Waals surface area (Å²) in [7, 11) is 1.50. The van der Waals surface area contributed by atoms with Crippen LogP contribution in [0.15, 0.2) is 42.6 Å². The van der Waals surface area contributed by atoms with E-state index in [9.17, 15) is 13.2 Å². The molecule has 112 valence electrons. The van der Waals surface area contributed by atoms with E-state index >= 15 is 0 Å². The van der Waals surface area contributed by atoms with E-state index < -0.39 is 6.36 Å². The van der Waals surface area contributed by atoms with Gasteiger partial charge in [-0.1, -0.05) is 18.2 Å². The molecular weight excluding hydrogens is 285 g/mol. The van der Waals surface area contributed by atoms with Crippen molar-refractivity contribution in [2.75, 3.05) is 12.4 Å². The number of alkyl halides is 3. The zero-order chi connectivity index (χ0) is 15.3. The van der Waals surface area contributed by atoms with Crippen molar-refractivity contribution in [3.63, 3.8) is 0 Å². The fourth-order valence-electron chi connectivity index (χ4n) is 1.68. The predicted octanol–water partition coefficient (Wildman–Crippen LogP) is 3.60. The molecule has 1 heterocycles. The van der Waals surface area contributed by atoms with Crippen molar-refractivity contribution in [3.8, 4) is 11.6 Å². The number of anilines is 1. The second-order valence-electron chi connectivity index (χ2n) is 4.10. The highest BCUT2D eigenvalue weighted by molar-refractivity contribution is 5.44. The van der Waals surface area contributed by atoms with Gasteiger partial charge in [0.05, 0.1) is 19.0 Å². The monoisotopic (exact) mass is 298 g/mol. The molecule has 0 amide bonds. The van der Waals surface area contributed by atoms with Crippen LogP contribution in [0.5, 0.6) is 11.6 Å². The summed E-state index contributed by atoms with van der Waals surface area (Å²) in [6.07, 6.45) is -3.18. The molecule has 0 atom stereocenters. The number of para-hydroxylation sites is 1. The van der Waals surface area contributed by atoms with Crippen LogP contribution >= 0.6 is 0 Å². The van der Waals surface area contributed by atoms with Crippen molar-refractivity contribution in [3.05, 3.63) is 48.2 Å². The molecule has 0 aliphatic rings. The Morgan fingerprint density at radius 3 is 2.52 bits per heavy atom. The zero-order valence-electron chi connectivity index (χ0n) is 11.1. The lowest BCUT2D eigenvalue weighted by Crippen LogP contribution is -2.18. The van der Waals surface area contributed by atoms with Crippen molar-refractivity contribution in [2.45, 2.75) is 12.9 Å². The number of rotatable bonds is 5. The minimum atomic E-state index is -4.71. The summed E-state index contributed by atoms with van der Waals surface area (Å²) in [5.74, 6) is 0.236. The van der Waals surface area contributed by atoms with Gasteiger partial charge in [0.2, 0.25) is 5.88 Å². The maximum Gasteiger partial charge on any atom is 0.573 e. The molecule has 21 heavy (non-hydrogen) atoms. The molecule has 0 radical (unpaired) electrons. The van der Waals surface area contributed by atoms with Gasteiger partial charge in [-0.15, -0.1) is 13.2 Å². The number of nitrogens with one attached hydrogen (secondary N) is 1. The third-order valence-electron chi connectivity index (χ3n) is 2.63. The third-order valence-corrected chi connectivity index (χ3v) is 2.63. The smallest absolute Gasteiger partial charge is 0.481 e. The number of nitrogens with zero attached hydrogens (tertiary/aromatic N) is 1. The largest absolute Gasteiger partial charge is 0.573 e. The standard InChI is InChI=1S/C14H13F3N2O2/c1-20-13-7-6-11(9-19-13)18-8-10-4-2-3-5-12(10)21-14(15,16)17/h2-7,9,18H,8H2,1H3. The summed E-state index contributed by atoms with van der Waals surface area (Å²) in [4.78, 5) is 4.00. The van der Waals surface area contributed by atoms with Gasteiger partial charge >= 0.3 is 6.36 Å². The van der Waals surface area contributed by atoms with Crippen LogP contribution in [0.1, 0.15) is 5.56 Å². The molecule has 4 nitrogen and oxygen atoms in total. The third kappa shape index (κ3) is 4.55. The summed E-state index contributed by atoms with van der Waals surface area (Å²) in [6, 6.07) is 9.34. The van der Waals surface area contributed by atoms with Crippen molar-refractivity contribution in [2.24, 2.45) is 0 Å². The Hall–Kier alpha value is -2.44. The highest BCUT2D eigenvalue weighted by atomic mass is 19.4. The van der Waals surface area contributed by atoms with Crippen LogP contribution in [0.25, 0.3) is 0 Å². The van der Waals surface area contributed by atoms with Crippen molar-refractivity contribution >= 4 is 5.69 Å². The normalized spacial score (nSPS) is 11.0. The predicted molar refractivity (Wildman–Crippen MR) is 71.2 cm³/mol. The van der Waals surface area contributed by atoms with Crippen LogP contribution in [0.3, 0.4) is 0 Å². The van der Waals surface area contributed by atoms with E-state index in [1.165, 1.54) is 25.4 Å². The number of hydrogen-bond donors (Lipinski definition) is 1. The summed E-state index contributed by atoms with van der Waals surface area (Å²) >= 11 is 0. The van der Waals surface area contributed by atoms with Crippen LogP contribution in [0, 0.1) is 0 Å². The Bertz CT molecular complexity index is 586. The second-order valence-corrected chi connectivity index (χ2v) is 4.10. The van der Waals surface area contributed by atoms with Gasteiger partial charge in [-0.25, -0.2) is 4.98 Å². The van der Waals surface area contributed by atoms with Crippen molar-refractivity contribution in [1.29, 1.82) is 0 Å². The molecule has 1 aromatic carbocycles. The van der Waals surface area contributed by atoms with Gasteiger partial charge in [0.1, 0.15) is 5.75 Å². The van der Waals surface area contributed by atoms with E-state index in [2.05, 4.69) is 15.0 Å². The molecule has 2 rings (SSSR count). The molecule has 1 N–H and O–H groups in total. The first-order chi connectivity index (χ1) is 9.98. The first kappa shape index (κ1) is 15.0. The van der Waals surface area contributed by atoms with Crippen LogP contribution < -0.4 is 14.8 Å². The first-order valence-corrected chi connectivity index (χ1v) is 6.05. The molecule has 1 aromatic heterocycles. The SMILES string of the molecule is COc1ccc(NCc2ccccc2OC(F)(F)F)cn1. The maximum atomic E-state index is 12.3.